The van der Waals surface area contributed by atoms with Crippen molar-refractivity contribution in [1.82, 2.24) is 5.43 Å². The fraction of sp³-hybridized carbons (Fsp3) is 0.500. The van der Waals surface area contributed by atoms with Crippen molar-refractivity contribution in [2.75, 3.05) is 0 Å². The van der Waals surface area contributed by atoms with Gasteiger partial charge >= 0.3 is 0 Å². The van der Waals surface area contributed by atoms with E-state index in [2.05, 4.69) is 62.1 Å². The molecule has 1 fully saturated rings. The summed E-state index contributed by atoms with van der Waals surface area (Å²) >= 11 is 5.92. The maximum Gasteiger partial charge on any atom is 0.0499 e. The molecule has 0 amide bonds. The van der Waals surface area contributed by atoms with E-state index < -0.39 is 0 Å². The molecule has 16 heavy (non-hydrogen) atoms. The van der Waals surface area contributed by atoms with Gasteiger partial charge in [0.25, 0.3) is 0 Å². The van der Waals surface area contributed by atoms with Gasteiger partial charge in [-0.2, -0.15) is 0 Å². The van der Waals surface area contributed by atoms with Crippen molar-refractivity contribution in [3.63, 3.8) is 0 Å². The summed E-state index contributed by atoms with van der Waals surface area (Å²) in [6, 6.07) is 6.70. The summed E-state index contributed by atoms with van der Waals surface area (Å²) in [5.41, 5.74) is 4.33. The smallest absolute Gasteiger partial charge is 0.0499 e. The van der Waals surface area contributed by atoms with Crippen LogP contribution >= 0.6 is 38.5 Å². The number of nitrogens with two attached hydrogens (primary N) is 1. The van der Waals surface area contributed by atoms with Crippen molar-refractivity contribution in [2.45, 2.75) is 31.7 Å². The van der Waals surface area contributed by atoms with E-state index in [-0.39, 0.29) is 0 Å². The molecule has 0 heterocycles. The fourth-order valence-corrected chi connectivity index (χ4v) is 3.57. The van der Waals surface area contributed by atoms with E-state index >= 15 is 0 Å². The van der Waals surface area contributed by atoms with Crippen molar-refractivity contribution in [3.8, 4) is 0 Å². The molecule has 0 aromatic heterocycles. The molecule has 1 saturated carbocycles. The van der Waals surface area contributed by atoms with Gasteiger partial charge in [0.2, 0.25) is 0 Å². The zero-order valence-corrected chi connectivity index (χ0v) is 12.8. The Morgan fingerprint density at radius 3 is 2.69 bits per heavy atom. The first-order valence-electron chi connectivity index (χ1n) is 5.63. The third-order valence-corrected chi connectivity index (χ3v) is 4.82. The monoisotopic (exact) mass is 394 g/mol. The van der Waals surface area contributed by atoms with Crippen LogP contribution in [0.1, 0.15) is 37.3 Å². The molecule has 1 aliphatic rings. The van der Waals surface area contributed by atoms with Gasteiger partial charge in [-0.05, 0) is 65.1 Å². The van der Waals surface area contributed by atoms with Crippen LogP contribution in [0.25, 0.3) is 0 Å². The standard InChI is InChI=1S/C12H16BrIN2/c13-9-5-6-11(14)10(7-9)12(16-15)8-3-1-2-4-8/h5-8,12,16H,1-4,15H2. The second-order valence-electron chi connectivity index (χ2n) is 4.35. The molecule has 0 spiro atoms. The molecule has 0 saturated heterocycles. The van der Waals surface area contributed by atoms with Gasteiger partial charge in [-0.3, -0.25) is 11.3 Å². The molecule has 1 aliphatic carbocycles. The predicted octanol–water partition coefficient (Wildman–Crippen LogP) is 3.75. The van der Waals surface area contributed by atoms with E-state index in [0.29, 0.717) is 12.0 Å². The summed E-state index contributed by atoms with van der Waals surface area (Å²) in [6.45, 7) is 0. The van der Waals surface area contributed by atoms with Crippen LogP contribution in [0.5, 0.6) is 0 Å². The minimum Gasteiger partial charge on any atom is -0.271 e. The van der Waals surface area contributed by atoms with Crippen LogP contribution in [0.3, 0.4) is 0 Å². The number of rotatable bonds is 3. The van der Waals surface area contributed by atoms with Gasteiger partial charge in [0, 0.05) is 14.1 Å². The minimum absolute atomic E-state index is 0.298. The highest BCUT2D eigenvalue weighted by Gasteiger charge is 2.26. The summed E-state index contributed by atoms with van der Waals surface area (Å²) < 4.78 is 2.41. The van der Waals surface area contributed by atoms with Crippen LogP contribution in [0.15, 0.2) is 22.7 Å². The molecule has 3 N–H and O–H groups in total. The van der Waals surface area contributed by atoms with Gasteiger partial charge in [-0.1, -0.05) is 28.8 Å². The van der Waals surface area contributed by atoms with Gasteiger partial charge in [0.05, 0.1) is 0 Å². The van der Waals surface area contributed by atoms with E-state index in [9.17, 15) is 0 Å². The Hall–Kier alpha value is 0.350. The number of hydrazine groups is 1. The van der Waals surface area contributed by atoms with Gasteiger partial charge in [0.1, 0.15) is 0 Å². The van der Waals surface area contributed by atoms with Crippen LogP contribution in [0.2, 0.25) is 0 Å². The first-order chi connectivity index (χ1) is 7.72. The number of halogens is 2. The Morgan fingerprint density at radius 1 is 1.38 bits per heavy atom. The molecule has 0 bridgehead atoms. The lowest BCUT2D eigenvalue weighted by Crippen LogP contribution is -2.33. The van der Waals surface area contributed by atoms with E-state index in [1.807, 2.05) is 0 Å². The lowest BCUT2D eigenvalue weighted by atomic mass is 9.92. The minimum atomic E-state index is 0.298. The van der Waals surface area contributed by atoms with Crippen molar-refractivity contribution >= 4 is 38.5 Å². The average Bonchev–Trinajstić information content (AvgIpc) is 2.78. The van der Waals surface area contributed by atoms with Gasteiger partial charge in [-0.15, -0.1) is 0 Å². The fourth-order valence-electron chi connectivity index (χ4n) is 2.52. The highest BCUT2D eigenvalue weighted by atomic mass is 127. The van der Waals surface area contributed by atoms with E-state index in [1.54, 1.807) is 0 Å². The first-order valence-corrected chi connectivity index (χ1v) is 7.50. The average molecular weight is 395 g/mol. The van der Waals surface area contributed by atoms with Crippen LogP contribution < -0.4 is 11.3 Å². The van der Waals surface area contributed by atoms with Gasteiger partial charge in [-0.25, -0.2) is 0 Å². The molecule has 0 radical (unpaired) electrons. The Bertz CT molecular complexity index is 364. The molecular weight excluding hydrogens is 379 g/mol. The summed E-state index contributed by atoms with van der Waals surface area (Å²) in [4.78, 5) is 0. The van der Waals surface area contributed by atoms with Crippen LogP contribution in [0, 0.1) is 9.49 Å². The topological polar surface area (TPSA) is 38.0 Å². The molecule has 4 heteroatoms. The highest BCUT2D eigenvalue weighted by molar-refractivity contribution is 14.1. The van der Waals surface area contributed by atoms with E-state index in [0.717, 1.165) is 4.47 Å². The Labute approximate surface area is 119 Å². The molecule has 88 valence electrons. The molecule has 1 atom stereocenters. The summed E-state index contributed by atoms with van der Waals surface area (Å²) in [5.74, 6) is 6.42. The van der Waals surface area contributed by atoms with E-state index in [4.69, 9.17) is 5.84 Å². The quantitative estimate of drug-likeness (QED) is 0.465. The van der Waals surface area contributed by atoms with Crippen LogP contribution in [-0.4, -0.2) is 0 Å². The number of benzene rings is 1. The maximum atomic E-state index is 5.73. The number of hydrogen-bond donors (Lipinski definition) is 2. The zero-order chi connectivity index (χ0) is 11.5. The van der Waals surface area contributed by atoms with E-state index in [1.165, 1.54) is 34.8 Å². The maximum absolute atomic E-state index is 5.73. The normalized spacial score (nSPS) is 18.9. The molecule has 1 aromatic carbocycles. The summed E-state index contributed by atoms with van der Waals surface area (Å²) in [6.07, 6.45) is 5.26. The molecule has 1 unspecified atom stereocenters. The SMILES string of the molecule is NNC(c1cc(Br)ccc1I)C1CCCC1. The third kappa shape index (κ3) is 2.78. The molecule has 2 nitrogen and oxygen atoms in total. The lowest BCUT2D eigenvalue weighted by molar-refractivity contribution is 0.372. The second-order valence-corrected chi connectivity index (χ2v) is 6.43. The third-order valence-electron chi connectivity index (χ3n) is 3.34. The zero-order valence-electron chi connectivity index (χ0n) is 9.05. The van der Waals surface area contributed by atoms with Crippen molar-refractivity contribution in [3.05, 3.63) is 31.8 Å². The predicted molar refractivity (Wildman–Crippen MR) is 78.9 cm³/mol. The Kier molecular flexibility index (Phi) is 4.64. The summed E-state index contributed by atoms with van der Waals surface area (Å²) in [5, 5.41) is 0. The lowest BCUT2D eigenvalue weighted by Gasteiger charge is -2.24. The second kappa shape index (κ2) is 5.80. The van der Waals surface area contributed by atoms with Crippen molar-refractivity contribution in [1.29, 1.82) is 0 Å². The summed E-state index contributed by atoms with van der Waals surface area (Å²) in [7, 11) is 0. The van der Waals surface area contributed by atoms with Gasteiger partial charge in [0.15, 0.2) is 0 Å². The molecule has 2 rings (SSSR count). The largest absolute Gasteiger partial charge is 0.271 e. The van der Waals surface area contributed by atoms with Gasteiger partial charge < -0.3 is 0 Å². The highest BCUT2D eigenvalue weighted by Crippen LogP contribution is 2.37. The van der Waals surface area contributed by atoms with Crippen LogP contribution in [-0.2, 0) is 0 Å². The molecule has 0 aliphatic heterocycles. The van der Waals surface area contributed by atoms with Crippen molar-refractivity contribution < 1.29 is 0 Å². The number of hydrogen-bond acceptors (Lipinski definition) is 2. The number of nitrogens with one attached hydrogen (secondary N) is 1. The molecular formula is C12H16BrIN2. The Morgan fingerprint density at radius 2 is 2.06 bits per heavy atom. The Balaban J connectivity index is 2.28. The van der Waals surface area contributed by atoms with Crippen LogP contribution in [0.4, 0.5) is 0 Å². The molecule has 1 aromatic rings. The first kappa shape index (κ1) is 12.8. The van der Waals surface area contributed by atoms with Crippen molar-refractivity contribution in [2.24, 2.45) is 11.8 Å².